The number of carbonyl (C=O) groups is 1. The Hall–Kier alpha value is -4.45. The van der Waals surface area contributed by atoms with E-state index in [-0.39, 0.29) is 33.2 Å². The van der Waals surface area contributed by atoms with Gasteiger partial charge in [0.2, 0.25) is 0 Å². The Labute approximate surface area is 227 Å². The fraction of sp³-hybridized carbons (Fsp3) is 0.296. The number of phenolic OH excluding ortho intramolecular Hbond substituents is 1. The number of aromatic hydroxyl groups is 1. The van der Waals surface area contributed by atoms with Gasteiger partial charge in [0.1, 0.15) is 11.8 Å². The minimum Gasteiger partial charge on any atom is -0.504 e. The number of nitro groups is 1. The SMILES string of the molecule is CCN(CC)C(=O)C1=C(C)N=c2s/c(=C\c3cc([N+](=O)[O-])cc(OC)c3O)c(=O)n2[C@@H]1c1ccccc1OC. The molecule has 3 aromatic rings. The van der Waals surface area contributed by atoms with Gasteiger partial charge in [0.25, 0.3) is 17.2 Å². The molecule has 0 fully saturated rings. The van der Waals surface area contributed by atoms with Crippen molar-refractivity contribution in [1.82, 2.24) is 9.47 Å². The van der Waals surface area contributed by atoms with Crippen molar-refractivity contribution in [3.05, 3.63) is 88.6 Å². The molecule has 4 rings (SSSR count). The first kappa shape index (κ1) is 27.6. The molecular formula is C27H28N4O7S. The summed E-state index contributed by atoms with van der Waals surface area (Å²) in [7, 11) is 2.80. The summed E-state index contributed by atoms with van der Waals surface area (Å²) >= 11 is 1.05. The van der Waals surface area contributed by atoms with Crippen LogP contribution in [-0.4, -0.2) is 52.7 Å². The van der Waals surface area contributed by atoms with E-state index in [1.807, 2.05) is 13.8 Å². The molecule has 0 aliphatic carbocycles. The van der Waals surface area contributed by atoms with Crippen LogP contribution in [0.4, 0.5) is 5.69 Å². The third-order valence-electron chi connectivity index (χ3n) is 6.54. The zero-order valence-electron chi connectivity index (χ0n) is 22.1. The monoisotopic (exact) mass is 552 g/mol. The number of amides is 1. The number of likely N-dealkylation sites (N-methyl/N-ethyl adjacent to an activating group) is 1. The van der Waals surface area contributed by atoms with E-state index >= 15 is 0 Å². The highest BCUT2D eigenvalue weighted by Crippen LogP contribution is 2.37. The molecule has 0 bridgehead atoms. The number of phenols is 1. The summed E-state index contributed by atoms with van der Waals surface area (Å²) in [5.74, 6) is -0.188. The fourth-order valence-electron chi connectivity index (χ4n) is 4.59. The van der Waals surface area contributed by atoms with Gasteiger partial charge in [-0.2, -0.15) is 0 Å². The summed E-state index contributed by atoms with van der Waals surface area (Å²) in [4.78, 5) is 45.1. The molecule has 1 aliphatic heterocycles. The molecule has 2 heterocycles. The first-order chi connectivity index (χ1) is 18.7. The second-order valence-electron chi connectivity index (χ2n) is 8.64. The fourth-order valence-corrected chi connectivity index (χ4v) is 5.63. The van der Waals surface area contributed by atoms with Gasteiger partial charge in [0, 0.05) is 30.3 Å². The van der Waals surface area contributed by atoms with Crippen LogP contribution >= 0.6 is 11.3 Å². The number of non-ortho nitro benzene ring substituents is 1. The Morgan fingerprint density at radius 2 is 1.87 bits per heavy atom. The molecule has 1 aromatic heterocycles. The predicted octanol–water partition coefficient (Wildman–Crippen LogP) is 2.73. The second kappa shape index (κ2) is 11.1. The van der Waals surface area contributed by atoms with Crippen LogP contribution in [0.25, 0.3) is 6.08 Å². The maximum atomic E-state index is 13.9. The van der Waals surface area contributed by atoms with Crippen LogP contribution in [0.5, 0.6) is 17.2 Å². The number of thiazole rings is 1. The number of ether oxygens (including phenoxy) is 2. The van der Waals surface area contributed by atoms with Gasteiger partial charge in [-0.25, -0.2) is 4.99 Å². The number of carbonyl (C=O) groups excluding carboxylic acids is 1. The van der Waals surface area contributed by atoms with Gasteiger partial charge in [-0.1, -0.05) is 29.5 Å². The topological polar surface area (TPSA) is 136 Å². The van der Waals surface area contributed by atoms with Crippen molar-refractivity contribution in [2.24, 2.45) is 4.99 Å². The Bertz CT molecular complexity index is 1670. The van der Waals surface area contributed by atoms with E-state index in [1.165, 1.54) is 24.9 Å². The van der Waals surface area contributed by atoms with E-state index in [0.717, 1.165) is 23.5 Å². The molecule has 0 spiro atoms. The van der Waals surface area contributed by atoms with E-state index in [2.05, 4.69) is 4.99 Å². The lowest BCUT2D eigenvalue weighted by Crippen LogP contribution is -2.43. The molecule has 12 heteroatoms. The third kappa shape index (κ3) is 4.90. The lowest BCUT2D eigenvalue weighted by Gasteiger charge is -2.29. The van der Waals surface area contributed by atoms with Crippen molar-refractivity contribution >= 4 is 29.0 Å². The molecule has 0 saturated heterocycles. The summed E-state index contributed by atoms with van der Waals surface area (Å²) in [5.41, 5.74) is 0.681. The number of rotatable bonds is 8. The largest absolute Gasteiger partial charge is 0.504 e. The van der Waals surface area contributed by atoms with Crippen LogP contribution in [0.1, 0.15) is 37.9 Å². The molecule has 204 valence electrons. The van der Waals surface area contributed by atoms with Crippen molar-refractivity contribution in [2.45, 2.75) is 26.8 Å². The molecule has 2 aromatic carbocycles. The molecule has 39 heavy (non-hydrogen) atoms. The van der Waals surface area contributed by atoms with Crippen LogP contribution in [0.2, 0.25) is 0 Å². The highest BCUT2D eigenvalue weighted by Gasteiger charge is 2.35. The minimum atomic E-state index is -0.833. The van der Waals surface area contributed by atoms with Crippen LogP contribution in [0.3, 0.4) is 0 Å². The zero-order valence-corrected chi connectivity index (χ0v) is 22.9. The molecule has 1 amide bonds. The number of methoxy groups -OCH3 is 2. The average Bonchev–Trinajstić information content (AvgIpc) is 3.23. The van der Waals surface area contributed by atoms with Crippen LogP contribution in [0.15, 0.2) is 57.5 Å². The Balaban J connectivity index is 2.03. The number of fused-ring (bicyclic) bond motifs is 1. The standard InChI is InChI=1S/C27H28N4O7S/c1-6-29(7-2)26(34)22-15(3)28-27-30(23(22)18-10-8-9-11-19(18)37-4)25(33)21(39-27)13-16-12-17(31(35)36)14-20(38-5)24(16)32/h8-14,23,32H,6-7H2,1-5H3/b21-13-/t23-/m1/s1. The normalized spacial score (nSPS) is 15.0. The lowest BCUT2D eigenvalue weighted by atomic mass is 9.94. The van der Waals surface area contributed by atoms with Crippen molar-refractivity contribution < 1.29 is 24.3 Å². The summed E-state index contributed by atoms with van der Waals surface area (Å²) in [6, 6.07) is 8.59. The van der Waals surface area contributed by atoms with Gasteiger partial charge in [0.15, 0.2) is 16.3 Å². The van der Waals surface area contributed by atoms with Crippen molar-refractivity contribution in [1.29, 1.82) is 0 Å². The number of hydrogen-bond donors (Lipinski definition) is 1. The van der Waals surface area contributed by atoms with Crippen molar-refractivity contribution in [3.63, 3.8) is 0 Å². The summed E-state index contributed by atoms with van der Waals surface area (Å²) < 4.78 is 12.3. The first-order valence-corrected chi connectivity index (χ1v) is 13.0. The number of nitro benzene ring substituents is 1. The van der Waals surface area contributed by atoms with E-state index in [4.69, 9.17) is 9.47 Å². The number of allylic oxidation sites excluding steroid dienone is 1. The van der Waals surface area contributed by atoms with Gasteiger partial charge in [-0.05, 0) is 32.9 Å². The van der Waals surface area contributed by atoms with Crippen LogP contribution in [0, 0.1) is 10.1 Å². The summed E-state index contributed by atoms with van der Waals surface area (Å²) in [6.07, 6.45) is 1.36. The first-order valence-electron chi connectivity index (χ1n) is 12.2. The Kier molecular flexibility index (Phi) is 7.86. The van der Waals surface area contributed by atoms with E-state index < -0.39 is 16.5 Å². The molecule has 0 radical (unpaired) electrons. The van der Waals surface area contributed by atoms with Crippen LogP contribution < -0.4 is 24.4 Å². The quantitative estimate of drug-likeness (QED) is 0.335. The van der Waals surface area contributed by atoms with Crippen molar-refractivity contribution in [2.75, 3.05) is 27.3 Å². The van der Waals surface area contributed by atoms with Gasteiger partial charge in [-0.3, -0.25) is 24.3 Å². The van der Waals surface area contributed by atoms with Gasteiger partial charge in [-0.15, -0.1) is 0 Å². The van der Waals surface area contributed by atoms with E-state index in [1.54, 1.807) is 36.1 Å². The summed E-state index contributed by atoms with van der Waals surface area (Å²) in [5, 5.41) is 22.1. The smallest absolute Gasteiger partial charge is 0.274 e. The second-order valence-corrected chi connectivity index (χ2v) is 9.65. The molecule has 1 aliphatic rings. The highest BCUT2D eigenvalue weighted by molar-refractivity contribution is 7.07. The van der Waals surface area contributed by atoms with Gasteiger partial charge >= 0.3 is 0 Å². The zero-order chi connectivity index (χ0) is 28.4. The molecule has 11 nitrogen and oxygen atoms in total. The maximum Gasteiger partial charge on any atom is 0.274 e. The Morgan fingerprint density at radius 1 is 1.21 bits per heavy atom. The van der Waals surface area contributed by atoms with E-state index in [9.17, 15) is 24.8 Å². The van der Waals surface area contributed by atoms with Crippen LogP contribution in [-0.2, 0) is 4.79 Å². The van der Waals surface area contributed by atoms with Crippen molar-refractivity contribution in [3.8, 4) is 17.2 Å². The predicted molar refractivity (Wildman–Crippen MR) is 146 cm³/mol. The number of para-hydroxylation sites is 1. The average molecular weight is 553 g/mol. The van der Waals surface area contributed by atoms with Gasteiger partial charge in [0.05, 0.1) is 41.0 Å². The number of benzene rings is 2. The summed E-state index contributed by atoms with van der Waals surface area (Å²) in [6.45, 7) is 6.44. The Morgan fingerprint density at radius 3 is 2.49 bits per heavy atom. The lowest BCUT2D eigenvalue weighted by molar-refractivity contribution is -0.385. The third-order valence-corrected chi connectivity index (χ3v) is 7.53. The van der Waals surface area contributed by atoms with Gasteiger partial charge < -0.3 is 19.5 Å². The molecule has 0 saturated carbocycles. The highest BCUT2D eigenvalue weighted by atomic mass is 32.1. The molecule has 0 unspecified atom stereocenters. The number of nitrogens with zero attached hydrogens (tertiary/aromatic N) is 4. The molecule has 1 atom stereocenters. The minimum absolute atomic E-state index is 0.0373. The maximum absolute atomic E-state index is 13.9. The number of aromatic nitrogens is 1. The molecule has 1 N–H and O–H groups in total. The number of hydrogen-bond acceptors (Lipinski definition) is 9. The van der Waals surface area contributed by atoms with E-state index in [0.29, 0.717) is 40.5 Å². The molecular weight excluding hydrogens is 524 g/mol.